The van der Waals surface area contributed by atoms with Crippen LogP contribution in [0.3, 0.4) is 0 Å². The molecule has 2 atom stereocenters. The first-order valence-corrected chi connectivity index (χ1v) is 12.1. The van der Waals surface area contributed by atoms with E-state index in [1.54, 1.807) is 13.8 Å². The van der Waals surface area contributed by atoms with Gasteiger partial charge in [0.2, 0.25) is 0 Å². The summed E-state index contributed by atoms with van der Waals surface area (Å²) in [6.07, 6.45) is 0.940. The summed E-state index contributed by atoms with van der Waals surface area (Å²) in [7, 11) is -3.83. The molecule has 0 rings (SSSR count). The van der Waals surface area contributed by atoms with Crippen molar-refractivity contribution in [1.29, 1.82) is 0 Å². The molecule has 0 saturated carbocycles. The van der Waals surface area contributed by atoms with Gasteiger partial charge in [-0.3, -0.25) is 13.6 Å². The minimum absolute atomic E-state index is 0.159. The number of alkyl halides is 5. The third kappa shape index (κ3) is 8.69. The molecule has 0 amide bonds. The van der Waals surface area contributed by atoms with Gasteiger partial charge in [-0.05, 0) is 12.8 Å². The Bertz CT molecular complexity index is 310. The Labute approximate surface area is 161 Å². The maximum atomic E-state index is 12.7. The van der Waals surface area contributed by atoms with Crippen LogP contribution >= 0.6 is 78.8 Å². The Morgan fingerprint density at radius 1 is 1.00 bits per heavy atom. The molecule has 0 fully saturated rings. The summed E-state index contributed by atoms with van der Waals surface area (Å²) in [6, 6.07) is 0. The van der Waals surface area contributed by atoms with Crippen molar-refractivity contribution >= 4 is 78.8 Å². The van der Waals surface area contributed by atoms with Crippen LogP contribution in [0.5, 0.6) is 0 Å². The predicted molar refractivity (Wildman–Crippen MR) is 99.4 cm³/mol. The van der Waals surface area contributed by atoms with Gasteiger partial charge in [0.05, 0.1) is 6.61 Å². The fourth-order valence-corrected chi connectivity index (χ4v) is 6.27. The van der Waals surface area contributed by atoms with E-state index in [0.717, 1.165) is 0 Å². The number of phosphoric acid groups is 1. The van der Waals surface area contributed by atoms with E-state index < -0.39 is 18.9 Å². The van der Waals surface area contributed by atoms with Crippen molar-refractivity contribution in [2.75, 3.05) is 22.6 Å². The average Bonchev–Trinajstić information content (AvgIpc) is 2.48. The van der Waals surface area contributed by atoms with Gasteiger partial charge < -0.3 is 0 Å². The maximum absolute atomic E-state index is 12.7. The first-order valence-electron chi connectivity index (χ1n) is 6.37. The molecule has 21 heavy (non-hydrogen) atoms. The summed E-state index contributed by atoms with van der Waals surface area (Å²) in [5.74, 6) is 0. The van der Waals surface area contributed by atoms with E-state index in [-0.39, 0.29) is 12.0 Å². The number of hydrogen-bond donors (Lipinski definition) is 0. The van der Waals surface area contributed by atoms with Crippen LogP contribution in [0.25, 0.3) is 0 Å². The molecule has 0 aliphatic rings. The average molecular weight is 558 g/mol. The molecule has 0 aromatic rings. The second kappa shape index (κ2) is 11.6. The Balaban J connectivity index is 4.93. The Hall–Kier alpha value is 2.13. The SMILES string of the molecule is CCC(Cl)OP(=O)(OCC(CBr)(CBr)CBr)OC(Cl)CC. The van der Waals surface area contributed by atoms with Crippen molar-refractivity contribution in [3.05, 3.63) is 0 Å². The molecule has 0 bridgehead atoms. The molecule has 0 N–H and O–H groups in total. The number of halogens is 5. The Morgan fingerprint density at radius 2 is 1.38 bits per heavy atom. The molecule has 0 spiro atoms. The molecule has 0 saturated heterocycles. The van der Waals surface area contributed by atoms with Crippen LogP contribution in [0.2, 0.25) is 0 Å². The summed E-state index contributed by atoms with van der Waals surface area (Å²) < 4.78 is 28.6. The van der Waals surface area contributed by atoms with Crippen LogP contribution in [0.1, 0.15) is 26.7 Å². The standard InChI is InChI=1S/C11H20Br3Cl2O4P/c1-3-9(15)19-21(17,20-10(16)4-2)18-8-11(5-12,6-13)7-14/h9-10H,3-8H2,1-2H3. The second-order valence-corrected chi connectivity index (χ2v) is 8.70. The van der Waals surface area contributed by atoms with Gasteiger partial charge in [-0.15, -0.1) is 0 Å². The highest BCUT2D eigenvalue weighted by molar-refractivity contribution is 9.10. The lowest BCUT2D eigenvalue weighted by Crippen LogP contribution is -2.32. The van der Waals surface area contributed by atoms with E-state index in [1.165, 1.54) is 0 Å². The predicted octanol–water partition coefficient (Wildman–Crippen LogP) is 6.27. The summed E-state index contributed by atoms with van der Waals surface area (Å²) in [4.78, 5) is 0. The van der Waals surface area contributed by atoms with Crippen LogP contribution in [-0.4, -0.2) is 33.7 Å². The fraction of sp³-hybridized carbons (Fsp3) is 1.00. The molecular formula is C11H20Br3Cl2O4P. The van der Waals surface area contributed by atoms with Crippen molar-refractivity contribution in [2.24, 2.45) is 5.41 Å². The number of hydrogen-bond acceptors (Lipinski definition) is 4. The molecule has 0 aliphatic carbocycles. The van der Waals surface area contributed by atoms with Gasteiger partial charge in [-0.25, -0.2) is 4.57 Å². The van der Waals surface area contributed by atoms with Gasteiger partial charge in [0.1, 0.15) is 11.1 Å². The van der Waals surface area contributed by atoms with E-state index in [4.69, 9.17) is 36.8 Å². The van der Waals surface area contributed by atoms with Crippen molar-refractivity contribution in [3.8, 4) is 0 Å². The zero-order chi connectivity index (χ0) is 16.5. The van der Waals surface area contributed by atoms with E-state index >= 15 is 0 Å². The van der Waals surface area contributed by atoms with Crippen LogP contribution in [0, 0.1) is 5.41 Å². The minimum Gasteiger partial charge on any atom is -0.286 e. The summed E-state index contributed by atoms with van der Waals surface area (Å²) in [5, 5.41) is 1.94. The first kappa shape index (κ1) is 23.1. The monoisotopic (exact) mass is 554 g/mol. The van der Waals surface area contributed by atoms with Crippen LogP contribution in [0.15, 0.2) is 0 Å². The third-order valence-corrected chi connectivity index (χ3v) is 8.59. The summed E-state index contributed by atoms with van der Waals surface area (Å²) >= 11 is 22.1. The van der Waals surface area contributed by atoms with E-state index in [1.807, 2.05) is 0 Å². The van der Waals surface area contributed by atoms with Gasteiger partial charge in [0, 0.05) is 21.4 Å². The van der Waals surface area contributed by atoms with Crippen LogP contribution < -0.4 is 0 Å². The zero-order valence-corrected chi connectivity index (χ0v) is 19.0. The zero-order valence-electron chi connectivity index (χ0n) is 11.9. The van der Waals surface area contributed by atoms with Gasteiger partial charge >= 0.3 is 7.82 Å². The topological polar surface area (TPSA) is 44.8 Å². The quantitative estimate of drug-likeness (QED) is 0.210. The van der Waals surface area contributed by atoms with E-state index in [0.29, 0.717) is 28.8 Å². The molecule has 128 valence electrons. The lowest BCUT2D eigenvalue weighted by Gasteiger charge is -2.30. The molecule has 10 heteroatoms. The fourth-order valence-electron chi connectivity index (χ4n) is 0.954. The van der Waals surface area contributed by atoms with E-state index in [2.05, 4.69) is 47.8 Å². The smallest absolute Gasteiger partial charge is 0.286 e. The first-order chi connectivity index (χ1) is 9.80. The van der Waals surface area contributed by atoms with Crippen molar-refractivity contribution in [3.63, 3.8) is 0 Å². The Morgan fingerprint density at radius 3 is 1.67 bits per heavy atom. The van der Waals surface area contributed by atoms with Gasteiger partial charge in [0.25, 0.3) is 0 Å². The molecule has 4 nitrogen and oxygen atoms in total. The van der Waals surface area contributed by atoms with Crippen molar-refractivity contribution in [2.45, 2.75) is 37.8 Å². The van der Waals surface area contributed by atoms with Crippen LogP contribution in [0.4, 0.5) is 0 Å². The molecule has 0 aromatic heterocycles. The second-order valence-electron chi connectivity index (χ2n) is 4.47. The minimum atomic E-state index is -3.83. The largest absolute Gasteiger partial charge is 0.477 e. The highest BCUT2D eigenvalue weighted by Crippen LogP contribution is 2.54. The lowest BCUT2D eigenvalue weighted by atomic mass is 9.98. The number of rotatable bonds is 12. The normalized spacial score (nSPS) is 18.2. The molecule has 0 heterocycles. The van der Waals surface area contributed by atoms with Crippen molar-refractivity contribution < 1.29 is 18.1 Å². The summed E-state index contributed by atoms with van der Waals surface area (Å²) in [5.41, 5.74) is -1.81. The lowest BCUT2D eigenvalue weighted by molar-refractivity contribution is 0.0731. The third-order valence-electron chi connectivity index (χ3n) is 2.51. The molecular weight excluding hydrogens is 538 g/mol. The highest BCUT2D eigenvalue weighted by Gasteiger charge is 2.37. The maximum Gasteiger partial charge on any atom is 0.477 e. The van der Waals surface area contributed by atoms with Crippen LogP contribution in [-0.2, 0) is 18.1 Å². The Kier molecular flexibility index (Phi) is 12.8. The summed E-state index contributed by atoms with van der Waals surface area (Å²) in [6.45, 7) is 3.77. The van der Waals surface area contributed by atoms with Crippen molar-refractivity contribution in [1.82, 2.24) is 0 Å². The van der Waals surface area contributed by atoms with E-state index in [9.17, 15) is 4.57 Å². The molecule has 0 aliphatic heterocycles. The van der Waals surface area contributed by atoms with Gasteiger partial charge in [-0.1, -0.05) is 84.8 Å². The van der Waals surface area contributed by atoms with Gasteiger partial charge in [-0.2, -0.15) is 0 Å². The van der Waals surface area contributed by atoms with Gasteiger partial charge in [0.15, 0.2) is 0 Å². The number of phosphoric ester groups is 1. The molecule has 0 radical (unpaired) electrons. The molecule has 2 unspecified atom stereocenters. The highest BCUT2D eigenvalue weighted by atomic mass is 79.9. The molecule has 0 aromatic carbocycles.